The Kier molecular flexibility index (Phi) is 3.53. The summed E-state index contributed by atoms with van der Waals surface area (Å²) in [5.41, 5.74) is 5.56. The van der Waals surface area contributed by atoms with Crippen LogP contribution in [-0.4, -0.2) is 29.8 Å². The van der Waals surface area contributed by atoms with E-state index in [9.17, 15) is 13.2 Å². The molecule has 0 radical (unpaired) electrons. The maximum absolute atomic E-state index is 12.4. The number of nitrogens with zero attached hydrogens (tertiary/aromatic N) is 3. The van der Waals surface area contributed by atoms with Gasteiger partial charge in [0.05, 0.1) is 0 Å². The van der Waals surface area contributed by atoms with E-state index in [1.165, 1.54) is 0 Å². The summed E-state index contributed by atoms with van der Waals surface area (Å²) in [6.45, 7) is 2.04. The Morgan fingerprint density at radius 2 is 1.94 bits per heavy atom. The number of aromatic nitrogens is 2. The van der Waals surface area contributed by atoms with Crippen molar-refractivity contribution in [1.82, 2.24) is 10.2 Å². The lowest BCUT2D eigenvalue weighted by Gasteiger charge is -2.30. The average Bonchev–Trinajstić information content (AvgIpc) is 2.78. The lowest BCUT2D eigenvalue weighted by atomic mass is 9.98. The van der Waals surface area contributed by atoms with Gasteiger partial charge in [0.2, 0.25) is 10.1 Å². The van der Waals surface area contributed by atoms with E-state index in [1.807, 2.05) is 4.90 Å². The van der Waals surface area contributed by atoms with Gasteiger partial charge in [0, 0.05) is 13.1 Å². The Hall–Kier alpha value is -0.890. The van der Waals surface area contributed by atoms with Crippen molar-refractivity contribution in [2.75, 3.05) is 24.5 Å². The van der Waals surface area contributed by atoms with Gasteiger partial charge < -0.3 is 10.6 Å². The fourth-order valence-electron chi connectivity index (χ4n) is 1.82. The number of halogens is 3. The van der Waals surface area contributed by atoms with Crippen LogP contribution in [0.3, 0.4) is 0 Å². The van der Waals surface area contributed by atoms with E-state index in [0.717, 1.165) is 12.8 Å². The van der Waals surface area contributed by atoms with Gasteiger partial charge in [-0.2, -0.15) is 13.2 Å². The van der Waals surface area contributed by atoms with Gasteiger partial charge in [-0.25, -0.2) is 0 Å². The topological polar surface area (TPSA) is 55.0 Å². The van der Waals surface area contributed by atoms with Crippen LogP contribution in [0, 0.1) is 5.92 Å². The Balaban J connectivity index is 2.02. The van der Waals surface area contributed by atoms with Gasteiger partial charge in [-0.15, -0.1) is 10.2 Å². The van der Waals surface area contributed by atoms with Crippen LogP contribution >= 0.6 is 11.3 Å². The molecule has 0 amide bonds. The second kappa shape index (κ2) is 4.77. The van der Waals surface area contributed by atoms with E-state index in [2.05, 4.69) is 10.2 Å². The minimum absolute atomic E-state index is 0.354. The van der Waals surface area contributed by atoms with Crippen molar-refractivity contribution in [3.8, 4) is 0 Å². The highest BCUT2D eigenvalue weighted by molar-refractivity contribution is 7.15. The zero-order valence-corrected chi connectivity index (χ0v) is 9.89. The predicted octanol–water partition coefficient (Wildman–Crippen LogP) is 1.73. The first-order valence-electron chi connectivity index (χ1n) is 5.36. The highest BCUT2D eigenvalue weighted by atomic mass is 32.1. The second-order valence-corrected chi connectivity index (χ2v) is 5.01. The third-order valence-corrected chi connectivity index (χ3v) is 3.90. The van der Waals surface area contributed by atoms with Gasteiger partial charge in [0.25, 0.3) is 0 Å². The van der Waals surface area contributed by atoms with E-state index in [1.54, 1.807) is 0 Å². The standard InChI is InChI=1S/C9H13F3N4S/c10-9(11,12)7-14-15-8(17-7)16-3-1-6(5-13)2-4-16/h6H,1-5,13H2. The molecule has 2 N–H and O–H groups in total. The molecule has 1 aromatic heterocycles. The zero-order valence-electron chi connectivity index (χ0n) is 9.07. The molecule has 0 saturated carbocycles. The lowest BCUT2D eigenvalue weighted by Crippen LogP contribution is -2.36. The van der Waals surface area contributed by atoms with Crippen LogP contribution in [0.2, 0.25) is 0 Å². The quantitative estimate of drug-likeness (QED) is 0.885. The molecule has 1 saturated heterocycles. The van der Waals surface area contributed by atoms with E-state index >= 15 is 0 Å². The molecule has 0 bridgehead atoms. The summed E-state index contributed by atoms with van der Waals surface area (Å²) in [5, 5.41) is 6.25. The van der Waals surface area contributed by atoms with Crippen LogP contribution in [0.15, 0.2) is 0 Å². The van der Waals surface area contributed by atoms with Gasteiger partial charge >= 0.3 is 6.18 Å². The largest absolute Gasteiger partial charge is 0.445 e. The van der Waals surface area contributed by atoms with Crippen LogP contribution in [0.25, 0.3) is 0 Å². The maximum Gasteiger partial charge on any atom is 0.445 e. The molecular weight excluding hydrogens is 253 g/mol. The highest BCUT2D eigenvalue weighted by Gasteiger charge is 2.36. The summed E-state index contributed by atoms with van der Waals surface area (Å²) in [5.74, 6) is 0.473. The van der Waals surface area contributed by atoms with Crippen LogP contribution < -0.4 is 10.6 Å². The van der Waals surface area contributed by atoms with E-state index in [0.29, 0.717) is 42.0 Å². The summed E-state index contributed by atoms with van der Waals surface area (Å²) < 4.78 is 37.1. The highest BCUT2D eigenvalue weighted by Crippen LogP contribution is 2.35. The van der Waals surface area contributed by atoms with Gasteiger partial charge in [-0.05, 0) is 25.3 Å². The summed E-state index contributed by atoms with van der Waals surface area (Å²) in [6, 6.07) is 0. The molecular formula is C9H13F3N4S. The molecule has 1 fully saturated rings. The molecule has 2 rings (SSSR count). The van der Waals surface area contributed by atoms with E-state index in [4.69, 9.17) is 5.73 Å². The number of hydrogen-bond acceptors (Lipinski definition) is 5. The van der Waals surface area contributed by atoms with Gasteiger partial charge in [-0.1, -0.05) is 11.3 Å². The molecule has 2 heterocycles. The molecule has 1 aromatic rings. The van der Waals surface area contributed by atoms with Crippen molar-refractivity contribution >= 4 is 16.5 Å². The van der Waals surface area contributed by atoms with Crippen molar-refractivity contribution in [3.05, 3.63) is 5.01 Å². The Bertz CT molecular complexity index is 371. The number of alkyl halides is 3. The maximum atomic E-state index is 12.4. The number of rotatable bonds is 2. The van der Waals surface area contributed by atoms with Gasteiger partial charge in [0.15, 0.2) is 0 Å². The van der Waals surface area contributed by atoms with Crippen LogP contribution in [0.5, 0.6) is 0 Å². The first-order chi connectivity index (χ1) is 8.00. The van der Waals surface area contributed by atoms with Gasteiger partial charge in [0.1, 0.15) is 0 Å². The Morgan fingerprint density at radius 1 is 1.29 bits per heavy atom. The molecule has 0 aliphatic carbocycles. The third kappa shape index (κ3) is 2.86. The molecule has 4 nitrogen and oxygen atoms in total. The third-order valence-electron chi connectivity index (χ3n) is 2.88. The molecule has 0 unspecified atom stereocenters. The van der Waals surface area contributed by atoms with E-state index in [-0.39, 0.29) is 0 Å². The van der Waals surface area contributed by atoms with Crippen LogP contribution in [0.1, 0.15) is 17.8 Å². The molecule has 0 atom stereocenters. The van der Waals surface area contributed by atoms with Crippen molar-refractivity contribution in [1.29, 1.82) is 0 Å². The Labute approximate surface area is 101 Å². The lowest BCUT2D eigenvalue weighted by molar-refractivity contribution is -0.138. The normalized spacial score (nSPS) is 18.7. The molecule has 0 spiro atoms. The summed E-state index contributed by atoms with van der Waals surface area (Å²) in [7, 11) is 0. The van der Waals surface area contributed by atoms with Crippen LogP contribution in [-0.2, 0) is 6.18 Å². The molecule has 17 heavy (non-hydrogen) atoms. The molecule has 8 heteroatoms. The minimum atomic E-state index is -4.40. The zero-order chi connectivity index (χ0) is 12.5. The average molecular weight is 266 g/mol. The molecule has 1 aliphatic rings. The van der Waals surface area contributed by atoms with Crippen molar-refractivity contribution in [3.63, 3.8) is 0 Å². The summed E-state index contributed by atoms with van der Waals surface area (Å²) >= 11 is 0.603. The first-order valence-corrected chi connectivity index (χ1v) is 6.18. The minimum Gasteiger partial charge on any atom is -0.347 e. The first kappa shape index (κ1) is 12.6. The number of piperidine rings is 1. The number of anilines is 1. The summed E-state index contributed by atoms with van der Waals surface area (Å²) in [4.78, 5) is 1.85. The fraction of sp³-hybridized carbons (Fsp3) is 0.778. The smallest absolute Gasteiger partial charge is 0.347 e. The fourth-order valence-corrected chi connectivity index (χ4v) is 2.58. The molecule has 96 valence electrons. The molecule has 1 aliphatic heterocycles. The Morgan fingerprint density at radius 3 is 2.41 bits per heavy atom. The summed E-state index contributed by atoms with van der Waals surface area (Å²) in [6.07, 6.45) is -2.60. The second-order valence-electron chi connectivity index (χ2n) is 4.05. The van der Waals surface area contributed by atoms with Crippen molar-refractivity contribution in [2.24, 2.45) is 11.7 Å². The van der Waals surface area contributed by atoms with Crippen molar-refractivity contribution < 1.29 is 13.2 Å². The van der Waals surface area contributed by atoms with E-state index < -0.39 is 11.2 Å². The molecule has 0 aromatic carbocycles. The van der Waals surface area contributed by atoms with Crippen LogP contribution in [0.4, 0.5) is 18.3 Å². The van der Waals surface area contributed by atoms with Crippen molar-refractivity contribution in [2.45, 2.75) is 19.0 Å². The van der Waals surface area contributed by atoms with Gasteiger partial charge in [-0.3, -0.25) is 0 Å². The monoisotopic (exact) mass is 266 g/mol. The SMILES string of the molecule is NCC1CCN(c2nnc(C(F)(F)F)s2)CC1. The number of hydrogen-bond donors (Lipinski definition) is 1. The number of nitrogens with two attached hydrogens (primary N) is 1. The predicted molar refractivity (Wildman–Crippen MR) is 58.9 cm³/mol.